The van der Waals surface area contributed by atoms with Gasteiger partial charge < -0.3 is 11.1 Å². The summed E-state index contributed by atoms with van der Waals surface area (Å²) in [5, 5.41) is 3.57. The van der Waals surface area contributed by atoms with E-state index in [0.29, 0.717) is 26.4 Å². The first kappa shape index (κ1) is 15.2. The van der Waals surface area contributed by atoms with E-state index in [1.54, 1.807) is 24.3 Å². The van der Waals surface area contributed by atoms with Gasteiger partial charge in [0.25, 0.3) is 0 Å². The number of rotatable bonds is 3. The van der Waals surface area contributed by atoms with Crippen molar-refractivity contribution in [1.82, 2.24) is 0 Å². The van der Waals surface area contributed by atoms with Gasteiger partial charge in [-0.25, -0.2) is 4.39 Å². The second-order valence-electron chi connectivity index (χ2n) is 4.23. The molecule has 3 N–H and O–H groups in total. The molecule has 0 heterocycles. The Labute approximate surface area is 135 Å². The Balaban J connectivity index is 2.48. The van der Waals surface area contributed by atoms with Gasteiger partial charge in [-0.2, -0.15) is 0 Å². The molecule has 2 aromatic rings. The Morgan fingerprint density at radius 3 is 2.70 bits per heavy atom. The first-order valence-corrected chi connectivity index (χ1v) is 7.29. The number of nitrogens with two attached hydrogens (primary N) is 1. The first-order chi connectivity index (χ1) is 9.40. The van der Waals surface area contributed by atoms with Gasteiger partial charge in [0, 0.05) is 5.69 Å². The van der Waals surface area contributed by atoms with Gasteiger partial charge in [-0.05, 0) is 52.7 Å². The Morgan fingerprint density at radius 2 is 2.05 bits per heavy atom. The Morgan fingerprint density at radius 1 is 1.35 bits per heavy atom. The van der Waals surface area contributed by atoms with Gasteiger partial charge in [0.2, 0.25) is 0 Å². The zero-order valence-electron chi connectivity index (χ0n) is 10.5. The Bertz CT molecular complexity index is 691. The molecule has 20 heavy (non-hydrogen) atoms. The van der Waals surface area contributed by atoms with Gasteiger partial charge in [-0.1, -0.05) is 29.9 Å². The second-order valence-corrected chi connectivity index (χ2v) is 5.93. The fraction of sp³-hybridized carbons (Fsp3) is 0.0714. The van der Waals surface area contributed by atoms with E-state index in [1.807, 2.05) is 6.92 Å². The van der Waals surface area contributed by atoms with E-state index in [2.05, 4.69) is 21.2 Å². The summed E-state index contributed by atoms with van der Waals surface area (Å²) in [6.45, 7) is 1.87. The number of halogens is 3. The molecule has 0 fully saturated rings. The van der Waals surface area contributed by atoms with Gasteiger partial charge in [-0.3, -0.25) is 0 Å². The highest BCUT2D eigenvalue weighted by Crippen LogP contribution is 2.30. The molecule has 0 saturated carbocycles. The van der Waals surface area contributed by atoms with Crippen LogP contribution in [0.1, 0.15) is 11.1 Å². The van der Waals surface area contributed by atoms with Crippen LogP contribution in [0.2, 0.25) is 5.02 Å². The van der Waals surface area contributed by atoms with E-state index in [4.69, 9.17) is 29.6 Å². The lowest BCUT2D eigenvalue weighted by molar-refractivity contribution is 0.621. The van der Waals surface area contributed by atoms with E-state index in [1.165, 1.54) is 6.07 Å². The molecule has 0 atom stereocenters. The standard InChI is InChI=1S/C14H11BrClFN2S/c1-7-5-8(15)10(17)6-12(7)19-11-4-2-3-9(16)13(11)14(18)20/h2-6,19H,1H3,(H2,18,20). The van der Waals surface area contributed by atoms with Crippen molar-refractivity contribution in [2.45, 2.75) is 6.92 Å². The number of nitrogens with one attached hydrogen (secondary N) is 1. The molecule has 0 aliphatic heterocycles. The van der Waals surface area contributed by atoms with Crippen molar-refractivity contribution in [2.75, 3.05) is 5.32 Å². The monoisotopic (exact) mass is 372 g/mol. The molecule has 6 heteroatoms. The van der Waals surface area contributed by atoms with Gasteiger partial charge in [0.15, 0.2) is 0 Å². The van der Waals surface area contributed by atoms with Gasteiger partial charge >= 0.3 is 0 Å². The van der Waals surface area contributed by atoms with Crippen molar-refractivity contribution in [2.24, 2.45) is 5.73 Å². The topological polar surface area (TPSA) is 38.0 Å². The van der Waals surface area contributed by atoms with Crippen LogP contribution in [0, 0.1) is 12.7 Å². The Hall–Kier alpha value is -1.17. The summed E-state index contributed by atoms with van der Waals surface area (Å²) in [4.78, 5) is 0.188. The summed E-state index contributed by atoms with van der Waals surface area (Å²) in [6, 6.07) is 8.37. The maximum Gasteiger partial charge on any atom is 0.139 e. The lowest BCUT2D eigenvalue weighted by Gasteiger charge is -2.15. The van der Waals surface area contributed by atoms with Crippen LogP contribution in [0.4, 0.5) is 15.8 Å². The zero-order valence-corrected chi connectivity index (χ0v) is 13.7. The van der Waals surface area contributed by atoms with E-state index in [-0.39, 0.29) is 10.8 Å². The lowest BCUT2D eigenvalue weighted by atomic mass is 10.1. The van der Waals surface area contributed by atoms with E-state index < -0.39 is 0 Å². The molecule has 2 nitrogen and oxygen atoms in total. The van der Waals surface area contributed by atoms with E-state index >= 15 is 0 Å². The summed E-state index contributed by atoms with van der Waals surface area (Å²) in [7, 11) is 0. The van der Waals surface area contributed by atoms with Crippen molar-refractivity contribution in [3.63, 3.8) is 0 Å². The third-order valence-corrected chi connectivity index (χ3v) is 3.92. The molecule has 0 aliphatic rings. The van der Waals surface area contributed by atoms with Crippen LogP contribution >= 0.6 is 39.7 Å². The van der Waals surface area contributed by atoms with Crippen molar-refractivity contribution in [1.29, 1.82) is 0 Å². The highest BCUT2D eigenvalue weighted by Gasteiger charge is 2.12. The highest BCUT2D eigenvalue weighted by molar-refractivity contribution is 9.10. The molecule has 104 valence electrons. The SMILES string of the molecule is Cc1cc(Br)c(F)cc1Nc1cccc(Cl)c1C(N)=S. The predicted octanol–water partition coefficient (Wildman–Crippen LogP) is 4.93. The fourth-order valence-electron chi connectivity index (χ4n) is 1.80. The fourth-order valence-corrected chi connectivity index (χ4v) is 2.81. The maximum absolute atomic E-state index is 13.6. The van der Waals surface area contributed by atoms with Gasteiger partial charge in [0.1, 0.15) is 10.8 Å². The Kier molecular flexibility index (Phi) is 4.62. The minimum atomic E-state index is -0.350. The molecule has 0 saturated heterocycles. The average Bonchev–Trinajstić information content (AvgIpc) is 2.35. The van der Waals surface area contributed by atoms with Crippen LogP contribution < -0.4 is 11.1 Å². The van der Waals surface area contributed by atoms with Crippen LogP contribution in [0.15, 0.2) is 34.8 Å². The largest absolute Gasteiger partial charge is 0.389 e. The molecule has 0 amide bonds. The average molecular weight is 374 g/mol. The van der Waals surface area contributed by atoms with Gasteiger partial charge in [-0.15, -0.1) is 0 Å². The molecular formula is C14H11BrClFN2S. The molecule has 0 radical (unpaired) electrons. The second kappa shape index (κ2) is 6.08. The van der Waals surface area contributed by atoms with Crippen LogP contribution in [-0.2, 0) is 0 Å². The van der Waals surface area contributed by atoms with Crippen molar-refractivity contribution in [3.8, 4) is 0 Å². The minimum Gasteiger partial charge on any atom is -0.389 e. The minimum absolute atomic E-state index is 0.188. The number of thiocarbonyl (C=S) groups is 1. The number of aryl methyl sites for hydroxylation is 1. The van der Waals surface area contributed by atoms with Crippen molar-refractivity contribution >= 4 is 56.1 Å². The van der Waals surface area contributed by atoms with E-state index in [0.717, 1.165) is 5.56 Å². The number of anilines is 2. The molecule has 0 bridgehead atoms. The number of benzene rings is 2. The zero-order chi connectivity index (χ0) is 14.9. The summed E-state index contributed by atoms with van der Waals surface area (Å²) >= 11 is 14.3. The molecular weight excluding hydrogens is 363 g/mol. The number of hydrogen-bond donors (Lipinski definition) is 2. The van der Waals surface area contributed by atoms with Crippen LogP contribution in [0.5, 0.6) is 0 Å². The number of hydrogen-bond acceptors (Lipinski definition) is 2. The molecule has 0 unspecified atom stereocenters. The highest BCUT2D eigenvalue weighted by atomic mass is 79.9. The van der Waals surface area contributed by atoms with Crippen LogP contribution in [0.3, 0.4) is 0 Å². The predicted molar refractivity (Wildman–Crippen MR) is 89.5 cm³/mol. The molecule has 0 spiro atoms. The lowest BCUT2D eigenvalue weighted by Crippen LogP contribution is -2.13. The van der Waals surface area contributed by atoms with Crippen LogP contribution in [-0.4, -0.2) is 4.99 Å². The molecule has 0 aliphatic carbocycles. The summed E-state index contributed by atoms with van der Waals surface area (Å²) < 4.78 is 14.1. The quantitative estimate of drug-likeness (QED) is 0.749. The third kappa shape index (κ3) is 3.11. The normalized spacial score (nSPS) is 10.4. The third-order valence-electron chi connectivity index (χ3n) is 2.80. The van der Waals surface area contributed by atoms with Gasteiger partial charge in [0.05, 0.1) is 20.7 Å². The summed E-state index contributed by atoms with van der Waals surface area (Å²) in [6.07, 6.45) is 0. The first-order valence-electron chi connectivity index (χ1n) is 5.71. The molecule has 2 aromatic carbocycles. The summed E-state index contributed by atoms with van der Waals surface area (Å²) in [5.41, 5.74) is 8.39. The maximum atomic E-state index is 13.6. The van der Waals surface area contributed by atoms with Crippen molar-refractivity contribution < 1.29 is 4.39 Å². The van der Waals surface area contributed by atoms with E-state index in [9.17, 15) is 4.39 Å². The summed E-state index contributed by atoms with van der Waals surface area (Å²) in [5.74, 6) is -0.350. The van der Waals surface area contributed by atoms with Crippen molar-refractivity contribution in [3.05, 3.63) is 56.8 Å². The smallest absolute Gasteiger partial charge is 0.139 e. The van der Waals surface area contributed by atoms with Crippen LogP contribution in [0.25, 0.3) is 0 Å². The molecule has 2 rings (SSSR count). The molecule has 0 aromatic heterocycles.